The Balaban J connectivity index is 0.000000265. The van der Waals surface area contributed by atoms with Gasteiger partial charge in [0.15, 0.2) is 0 Å². The van der Waals surface area contributed by atoms with Crippen molar-refractivity contribution in [1.82, 2.24) is 4.90 Å². The molecule has 1 aliphatic carbocycles. The van der Waals surface area contributed by atoms with E-state index in [1.807, 2.05) is 13.8 Å². The second kappa shape index (κ2) is 11.4. The van der Waals surface area contributed by atoms with Crippen LogP contribution in [0.3, 0.4) is 0 Å². The Hall–Kier alpha value is 0.350. The van der Waals surface area contributed by atoms with Gasteiger partial charge in [-0.15, -0.1) is 8.58 Å². The molecule has 0 radical (unpaired) electrons. The normalized spacial score (nSPS) is 22.4. The molecule has 1 saturated heterocycles. The van der Waals surface area contributed by atoms with Gasteiger partial charge in [0.25, 0.3) is 0 Å². The van der Waals surface area contributed by atoms with Gasteiger partial charge in [-0.1, -0.05) is 33.1 Å². The van der Waals surface area contributed by atoms with E-state index in [1.54, 1.807) is 7.11 Å². The second-order valence-electron chi connectivity index (χ2n) is 4.70. The topological polar surface area (TPSA) is 12.5 Å². The van der Waals surface area contributed by atoms with Gasteiger partial charge >= 0.3 is 0 Å². The van der Waals surface area contributed by atoms with Crippen LogP contribution >= 0.6 is 8.58 Å². The van der Waals surface area contributed by atoms with Crippen molar-refractivity contribution < 1.29 is 4.74 Å². The standard InChI is InChI=1S/C7H15P.C5H11NO.C2H6/c1-8-7-5-3-2-4-6-7;1-6-3-5(4-6)7-2;1-2/h7-8H,2-6H2,1H3;5H,3-4H2,1-2H3;1-2H3. The summed E-state index contributed by atoms with van der Waals surface area (Å²) >= 11 is 0. The number of ether oxygens (including phenoxy) is 1. The van der Waals surface area contributed by atoms with Crippen LogP contribution in [0.1, 0.15) is 46.0 Å². The van der Waals surface area contributed by atoms with Gasteiger partial charge in [0.05, 0.1) is 6.10 Å². The van der Waals surface area contributed by atoms with E-state index in [1.165, 1.54) is 40.7 Å². The summed E-state index contributed by atoms with van der Waals surface area (Å²) in [5.74, 6) is 0. The van der Waals surface area contributed by atoms with Crippen LogP contribution in [0.15, 0.2) is 0 Å². The molecule has 2 nitrogen and oxygen atoms in total. The molecule has 1 unspecified atom stereocenters. The van der Waals surface area contributed by atoms with Gasteiger partial charge in [0, 0.05) is 20.2 Å². The lowest BCUT2D eigenvalue weighted by Gasteiger charge is -2.34. The second-order valence-corrected chi connectivity index (χ2v) is 6.10. The fourth-order valence-electron chi connectivity index (χ4n) is 2.18. The van der Waals surface area contributed by atoms with Crippen molar-refractivity contribution in [2.75, 3.05) is 33.9 Å². The van der Waals surface area contributed by atoms with Gasteiger partial charge in [-0.2, -0.15) is 0 Å². The number of nitrogens with zero attached hydrogens (tertiary/aromatic N) is 1. The zero-order valence-electron chi connectivity index (χ0n) is 12.5. The Kier molecular flexibility index (Phi) is 11.7. The quantitative estimate of drug-likeness (QED) is 0.704. The van der Waals surface area contributed by atoms with Gasteiger partial charge in [0.2, 0.25) is 0 Å². The summed E-state index contributed by atoms with van der Waals surface area (Å²) in [6, 6.07) is 0. The van der Waals surface area contributed by atoms with Crippen LogP contribution in [-0.2, 0) is 4.74 Å². The summed E-state index contributed by atoms with van der Waals surface area (Å²) in [5.41, 5.74) is 1.11. The van der Waals surface area contributed by atoms with Crippen LogP contribution in [0.25, 0.3) is 0 Å². The molecule has 1 heterocycles. The van der Waals surface area contributed by atoms with Crippen LogP contribution in [-0.4, -0.2) is 50.6 Å². The van der Waals surface area contributed by atoms with Crippen molar-refractivity contribution in [3.8, 4) is 0 Å². The minimum absolute atomic E-state index is 0.519. The molecule has 17 heavy (non-hydrogen) atoms. The highest BCUT2D eigenvalue weighted by Gasteiger charge is 2.21. The Labute approximate surface area is 110 Å². The third kappa shape index (κ3) is 8.13. The maximum Gasteiger partial charge on any atom is 0.0824 e. The largest absolute Gasteiger partial charge is 0.379 e. The summed E-state index contributed by atoms with van der Waals surface area (Å²) in [5, 5.41) is 0. The number of hydrogen-bond donors (Lipinski definition) is 0. The highest BCUT2D eigenvalue weighted by atomic mass is 31.1. The van der Waals surface area contributed by atoms with Gasteiger partial charge in [-0.25, -0.2) is 0 Å². The Morgan fingerprint density at radius 3 is 1.82 bits per heavy atom. The van der Waals surface area contributed by atoms with E-state index in [-0.39, 0.29) is 0 Å². The van der Waals surface area contributed by atoms with Crippen LogP contribution < -0.4 is 0 Å². The molecule has 0 aromatic carbocycles. The molecule has 0 aromatic heterocycles. The lowest BCUT2D eigenvalue weighted by atomic mass is 10.0. The third-order valence-electron chi connectivity index (χ3n) is 3.38. The smallest absolute Gasteiger partial charge is 0.0824 e. The van der Waals surface area contributed by atoms with Crippen molar-refractivity contribution in [1.29, 1.82) is 0 Å². The molecule has 1 saturated carbocycles. The van der Waals surface area contributed by atoms with Gasteiger partial charge in [-0.05, 0) is 32.2 Å². The number of rotatable bonds is 2. The van der Waals surface area contributed by atoms with Gasteiger partial charge in [-0.3, -0.25) is 0 Å². The number of likely N-dealkylation sites (tertiary alicyclic amines) is 1. The molecule has 0 N–H and O–H groups in total. The predicted octanol–water partition coefficient (Wildman–Crippen LogP) is 3.60. The minimum Gasteiger partial charge on any atom is -0.379 e. The Morgan fingerprint density at radius 2 is 1.59 bits per heavy atom. The summed E-state index contributed by atoms with van der Waals surface area (Å²) in [6.07, 6.45) is 8.08. The Morgan fingerprint density at radius 1 is 1.06 bits per heavy atom. The summed E-state index contributed by atoms with van der Waals surface area (Å²) in [4.78, 5) is 2.23. The summed E-state index contributed by atoms with van der Waals surface area (Å²) in [7, 11) is 5.06. The zero-order chi connectivity index (χ0) is 13.1. The molecule has 1 atom stereocenters. The third-order valence-corrected chi connectivity index (χ3v) is 4.77. The molecule has 0 amide bonds. The number of likely N-dealkylation sites (N-methyl/N-ethyl adjacent to an activating group) is 1. The molecule has 2 rings (SSSR count). The van der Waals surface area contributed by atoms with Crippen molar-refractivity contribution in [3.63, 3.8) is 0 Å². The molecular formula is C14H32NOP. The lowest BCUT2D eigenvalue weighted by Crippen LogP contribution is -2.48. The first-order valence-electron chi connectivity index (χ1n) is 7.15. The first-order valence-corrected chi connectivity index (χ1v) is 8.72. The van der Waals surface area contributed by atoms with Crippen LogP contribution in [0.4, 0.5) is 0 Å². The summed E-state index contributed by atoms with van der Waals surface area (Å²) in [6.45, 7) is 8.56. The van der Waals surface area contributed by atoms with Crippen molar-refractivity contribution >= 4 is 8.58 Å². The van der Waals surface area contributed by atoms with Gasteiger partial charge in [0.1, 0.15) is 0 Å². The van der Waals surface area contributed by atoms with Crippen molar-refractivity contribution in [3.05, 3.63) is 0 Å². The monoisotopic (exact) mass is 261 g/mol. The van der Waals surface area contributed by atoms with E-state index in [9.17, 15) is 0 Å². The van der Waals surface area contributed by atoms with Gasteiger partial charge < -0.3 is 9.64 Å². The fraction of sp³-hybridized carbons (Fsp3) is 1.00. The lowest BCUT2D eigenvalue weighted by molar-refractivity contribution is -0.0155. The van der Waals surface area contributed by atoms with Crippen molar-refractivity contribution in [2.45, 2.75) is 57.7 Å². The van der Waals surface area contributed by atoms with E-state index in [0.29, 0.717) is 6.10 Å². The first-order chi connectivity index (χ1) is 8.26. The van der Waals surface area contributed by atoms with Crippen LogP contribution in [0.5, 0.6) is 0 Å². The number of hydrogen-bond acceptors (Lipinski definition) is 2. The maximum absolute atomic E-state index is 5.01. The molecule has 0 spiro atoms. The average Bonchev–Trinajstić information content (AvgIpc) is 2.39. The highest BCUT2D eigenvalue weighted by molar-refractivity contribution is 7.37. The van der Waals surface area contributed by atoms with E-state index < -0.39 is 0 Å². The van der Waals surface area contributed by atoms with E-state index >= 15 is 0 Å². The fourth-order valence-corrected chi connectivity index (χ4v) is 3.17. The van der Waals surface area contributed by atoms with E-state index in [2.05, 4.69) is 18.6 Å². The van der Waals surface area contributed by atoms with E-state index in [4.69, 9.17) is 4.74 Å². The Bertz CT molecular complexity index is 154. The molecule has 3 heteroatoms. The predicted molar refractivity (Wildman–Crippen MR) is 80.8 cm³/mol. The SMILES string of the molecule is CC.COC1CN(C)C1.CPC1CCCCC1. The number of methoxy groups -OCH3 is 1. The molecule has 104 valence electrons. The van der Waals surface area contributed by atoms with E-state index in [0.717, 1.165) is 18.7 Å². The van der Waals surface area contributed by atoms with Crippen LogP contribution in [0, 0.1) is 0 Å². The molecule has 2 aliphatic rings. The van der Waals surface area contributed by atoms with Crippen molar-refractivity contribution in [2.24, 2.45) is 0 Å². The zero-order valence-corrected chi connectivity index (χ0v) is 13.5. The molecular weight excluding hydrogens is 229 g/mol. The highest BCUT2D eigenvalue weighted by Crippen LogP contribution is 2.29. The summed E-state index contributed by atoms with van der Waals surface area (Å²) < 4.78 is 5.01. The molecule has 1 aliphatic heterocycles. The maximum atomic E-state index is 5.01. The molecule has 0 aromatic rings. The van der Waals surface area contributed by atoms with Crippen LogP contribution in [0.2, 0.25) is 0 Å². The minimum atomic E-state index is 0.519. The average molecular weight is 261 g/mol. The molecule has 2 fully saturated rings. The first kappa shape index (κ1) is 17.4. The molecule has 0 bridgehead atoms.